The van der Waals surface area contributed by atoms with Crippen molar-refractivity contribution in [3.05, 3.63) is 38.9 Å². The molecule has 0 aliphatic heterocycles. The highest BCUT2D eigenvalue weighted by atomic mass is 32.1. The SMILES string of the molecule is Cc1ccc(C(=O)N(C)Cc2c(C)noc2C)s1. The first-order valence-corrected chi connectivity index (χ1v) is 6.54. The number of aryl methyl sites for hydroxylation is 3. The summed E-state index contributed by atoms with van der Waals surface area (Å²) < 4.78 is 5.10. The Morgan fingerprint density at radius 1 is 1.39 bits per heavy atom. The number of hydrogen-bond acceptors (Lipinski definition) is 4. The molecular weight excluding hydrogens is 248 g/mol. The van der Waals surface area contributed by atoms with E-state index in [1.807, 2.05) is 32.9 Å². The summed E-state index contributed by atoms with van der Waals surface area (Å²) in [5.41, 5.74) is 1.83. The van der Waals surface area contributed by atoms with Crippen molar-refractivity contribution < 1.29 is 9.32 Å². The monoisotopic (exact) mass is 264 g/mol. The van der Waals surface area contributed by atoms with Crippen molar-refractivity contribution in [3.63, 3.8) is 0 Å². The summed E-state index contributed by atoms with van der Waals surface area (Å²) in [6, 6.07) is 3.83. The Hall–Kier alpha value is -1.62. The quantitative estimate of drug-likeness (QED) is 0.856. The molecule has 0 bridgehead atoms. The van der Waals surface area contributed by atoms with Gasteiger partial charge >= 0.3 is 0 Å². The van der Waals surface area contributed by atoms with Crippen LogP contribution in [0.3, 0.4) is 0 Å². The van der Waals surface area contributed by atoms with E-state index in [1.165, 1.54) is 11.3 Å². The molecule has 0 aliphatic rings. The molecule has 0 radical (unpaired) electrons. The van der Waals surface area contributed by atoms with Gasteiger partial charge in [-0.2, -0.15) is 0 Å². The Morgan fingerprint density at radius 3 is 2.61 bits per heavy atom. The van der Waals surface area contributed by atoms with Crippen LogP contribution in [0.4, 0.5) is 0 Å². The van der Waals surface area contributed by atoms with Gasteiger partial charge in [0.1, 0.15) is 5.76 Å². The summed E-state index contributed by atoms with van der Waals surface area (Å²) in [6.07, 6.45) is 0. The summed E-state index contributed by atoms with van der Waals surface area (Å²) in [4.78, 5) is 15.8. The number of nitrogens with zero attached hydrogens (tertiary/aromatic N) is 2. The van der Waals surface area contributed by atoms with Crippen molar-refractivity contribution in [2.45, 2.75) is 27.3 Å². The van der Waals surface area contributed by atoms with Crippen LogP contribution in [0.25, 0.3) is 0 Å². The lowest BCUT2D eigenvalue weighted by Gasteiger charge is -2.15. The highest BCUT2D eigenvalue weighted by Crippen LogP contribution is 2.19. The van der Waals surface area contributed by atoms with E-state index in [-0.39, 0.29) is 5.91 Å². The minimum Gasteiger partial charge on any atom is -0.361 e. The molecule has 0 unspecified atom stereocenters. The molecule has 0 aliphatic carbocycles. The van der Waals surface area contributed by atoms with Crippen LogP contribution in [0.5, 0.6) is 0 Å². The summed E-state index contributed by atoms with van der Waals surface area (Å²) in [6.45, 7) is 6.27. The Kier molecular flexibility index (Phi) is 3.52. The Balaban J connectivity index is 2.13. The molecule has 2 aromatic heterocycles. The van der Waals surface area contributed by atoms with Gasteiger partial charge in [0.05, 0.1) is 17.1 Å². The van der Waals surface area contributed by atoms with Gasteiger partial charge in [-0.3, -0.25) is 4.79 Å². The van der Waals surface area contributed by atoms with Crippen LogP contribution in [0.15, 0.2) is 16.7 Å². The molecule has 0 fully saturated rings. The van der Waals surface area contributed by atoms with E-state index in [4.69, 9.17) is 4.52 Å². The van der Waals surface area contributed by atoms with E-state index in [0.717, 1.165) is 26.8 Å². The zero-order valence-corrected chi connectivity index (χ0v) is 11.8. The molecule has 0 aromatic carbocycles. The highest BCUT2D eigenvalue weighted by Gasteiger charge is 2.17. The van der Waals surface area contributed by atoms with Gasteiger partial charge in [0, 0.05) is 17.5 Å². The molecule has 0 atom stereocenters. The van der Waals surface area contributed by atoms with Gasteiger partial charge in [0.2, 0.25) is 0 Å². The van der Waals surface area contributed by atoms with Crippen molar-refractivity contribution >= 4 is 17.2 Å². The lowest BCUT2D eigenvalue weighted by atomic mass is 10.2. The van der Waals surface area contributed by atoms with Crippen LogP contribution in [0, 0.1) is 20.8 Å². The van der Waals surface area contributed by atoms with Crippen LogP contribution >= 0.6 is 11.3 Å². The second kappa shape index (κ2) is 4.94. The highest BCUT2D eigenvalue weighted by molar-refractivity contribution is 7.13. The lowest BCUT2D eigenvalue weighted by molar-refractivity contribution is 0.0789. The number of hydrogen-bond donors (Lipinski definition) is 0. The predicted molar refractivity (Wildman–Crippen MR) is 70.8 cm³/mol. The standard InChI is InChI=1S/C13H16N2O2S/c1-8-5-6-12(18-8)13(16)15(4)7-11-9(2)14-17-10(11)3/h5-6H,7H2,1-4H3. The Labute approximate surface area is 110 Å². The minimum atomic E-state index is 0.0353. The maximum atomic E-state index is 12.2. The Bertz CT molecular complexity index is 552. The lowest BCUT2D eigenvalue weighted by Crippen LogP contribution is -2.25. The number of carbonyl (C=O) groups is 1. The molecule has 0 N–H and O–H groups in total. The molecular formula is C13H16N2O2S. The first-order valence-electron chi connectivity index (χ1n) is 5.72. The summed E-state index contributed by atoms with van der Waals surface area (Å²) in [7, 11) is 1.79. The number of rotatable bonds is 3. The average molecular weight is 264 g/mol. The third-order valence-electron chi connectivity index (χ3n) is 2.87. The second-order valence-corrected chi connectivity index (χ2v) is 5.66. The first kappa shape index (κ1) is 12.8. The topological polar surface area (TPSA) is 46.3 Å². The van der Waals surface area contributed by atoms with Crippen LogP contribution < -0.4 is 0 Å². The zero-order valence-electron chi connectivity index (χ0n) is 11.0. The van der Waals surface area contributed by atoms with Crippen molar-refractivity contribution in [2.75, 3.05) is 7.05 Å². The number of carbonyl (C=O) groups excluding carboxylic acids is 1. The molecule has 4 nitrogen and oxygen atoms in total. The van der Waals surface area contributed by atoms with Gasteiger partial charge in [0.25, 0.3) is 5.91 Å². The molecule has 18 heavy (non-hydrogen) atoms. The molecule has 5 heteroatoms. The van der Waals surface area contributed by atoms with Crippen molar-refractivity contribution in [3.8, 4) is 0 Å². The third kappa shape index (κ3) is 2.46. The van der Waals surface area contributed by atoms with Crippen molar-refractivity contribution in [1.29, 1.82) is 0 Å². The van der Waals surface area contributed by atoms with E-state index in [1.54, 1.807) is 11.9 Å². The maximum Gasteiger partial charge on any atom is 0.263 e. The number of thiophene rings is 1. The first-order chi connectivity index (χ1) is 8.49. The fourth-order valence-corrected chi connectivity index (χ4v) is 2.64. The molecule has 96 valence electrons. The fraction of sp³-hybridized carbons (Fsp3) is 0.385. The molecule has 0 saturated carbocycles. The molecule has 2 heterocycles. The number of aromatic nitrogens is 1. The smallest absolute Gasteiger partial charge is 0.263 e. The molecule has 0 saturated heterocycles. The van der Waals surface area contributed by atoms with Crippen LogP contribution in [-0.4, -0.2) is 23.0 Å². The summed E-state index contributed by atoms with van der Waals surface area (Å²) >= 11 is 1.51. The Morgan fingerprint density at radius 2 is 2.11 bits per heavy atom. The van der Waals surface area contributed by atoms with Gasteiger partial charge in [-0.1, -0.05) is 5.16 Å². The maximum absolute atomic E-state index is 12.2. The molecule has 1 amide bonds. The number of amides is 1. The molecule has 2 aromatic rings. The summed E-state index contributed by atoms with van der Waals surface area (Å²) in [5.74, 6) is 0.808. The van der Waals surface area contributed by atoms with Gasteiger partial charge in [0.15, 0.2) is 0 Å². The largest absolute Gasteiger partial charge is 0.361 e. The average Bonchev–Trinajstić information content (AvgIpc) is 2.89. The van der Waals surface area contributed by atoms with E-state index in [9.17, 15) is 4.79 Å². The van der Waals surface area contributed by atoms with Crippen LogP contribution in [0.2, 0.25) is 0 Å². The van der Waals surface area contributed by atoms with Crippen LogP contribution in [-0.2, 0) is 6.54 Å². The van der Waals surface area contributed by atoms with Crippen molar-refractivity contribution in [2.24, 2.45) is 0 Å². The fourth-order valence-electron chi connectivity index (χ4n) is 1.77. The van der Waals surface area contributed by atoms with E-state index in [2.05, 4.69) is 5.16 Å². The van der Waals surface area contributed by atoms with Gasteiger partial charge in [-0.15, -0.1) is 11.3 Å². The predicted octanol–water partition coefficient (Wildman–Crippen LogP) is 2.93. The van der Waals surface area contributed by atoms with Gasteiger partial charge < -0.3 is 9.42 Å². The van der Waals surface area contributed by atoms with Gasteiger partial charge in [-0.05, 0) is 32.9 Å². The van der Waals surface area contributed by atoms with Gasteiger partial charge in [-0.25, -0.2) is 0 Å². The van der Waals surface area contributed by atoms with Crippen molar-refractivity contribution in [1.82, 2.24) is 10.1 Å². The van der Waals surface area contributed by atoms with E-state index in [0.29, 0.717) is 6.54 Å². The van der Waals surface area contributed by atoms with E-state index < -0.39 is 0 Å². The third-order valence-corrected chi connectivity index (χ3v) is 3.86. The van der Waals surface area contributed by atoms with Crippen LogP contribution in [0.1, 0.15) is 31.6 Å². The second-order valence-electron chi connectivity index (χ2n) is 4.37. The molecule has 0 spiro atoms. The zero-order chi connectivity index (χ0) is 13.3. The molecule has 2 rings (SSSR count). The summed E-state index contributed by atoms with van der Waals surface area (Å²) in [5, 5.41) is 3.90. The van der Waals surface area contributed by atoms with E-state index >= 15 is 0 Å². The minimum absolute atomic E-state index is 0.0353. The normalized spacial score (nSPS) is 10.7.